The van der Waals surface area contributed by atoms with Crippen LogP contribution < -0.4 is 9.47 Å². The first-order chi connectivity index (χ1) is 11.1. The maximum atomic E-state index is 11.3. The number of carbonyl (C=O) groups is 1. The quantitative estimate of drug-likeness (QED) is 0.777. The van der Waals surface area contributed by atoms with Crippen LogP contribution in [0.3, 0.4) is 0 Å². The second-order valence-electron chi connectivity index (χ2n) is 5.67. The fourth-order valence-electron chi connectivity index (χ4n) is 2.99. The maximum Gasteiger partial charge on any atom is 0.307 e. The van der Waals surface area contributed by atoms with Gasteiger partial charge in [0.05, 0.1) is 12.1 Å². The number of aliphatic carboxylic acids is 1. The van der Waals surface area contributed by atoms with Crippen LogP contribution in [0.4, 0.5) is 0 Å². The molecule has 1 aliphatic heterocycles. The Hall–Kier alpha value is -2.95. The molecule has 0 fully saturated rings. The van der Waals surface area contributed by atoms with E-state index in [-0.39, 0.29) is 13.2 Å². The minimum absolute atomic E-state index is 0.0345. The van der Waals surface area contributed by atoms with Gasteiger partial charge in [-0.05, 0) is 42.8 Å². The average molecular weight is 309 g/mol. The zero-order chi connectivity index (χ0) is 16.0. The Bertz CT molecular complexity index is 926. The van der Waals surface area contributed by atoms with E-state index < -0.39 is 5.97 Å². The van der Waals surface area contributed by atoms with Crippen molar-refractivity contribution in [2.45, 2.75) is 13.3 Å². The predicted octanol–water partition coefficient (Wildman–Crippen LogP) is 3.50. The maximum absolute atomic E-state index is 11.3. The molecule has 2 aromatic carbocycles. The van der Waals surface area contributed by atoms with Gasteiger partial charge in [0.15, 0.2) is 11.5 Å². The molecule has 0 spiro atoms. The number of aromatic amines is 1. The van der Waals surface area contributed by atoms with Crippen LogP contribution in [-0.4, -0.2) is 22.9 Å². The van der Waals surface area contributed by atoms with Crippen molar-refractivity contribution in [3.63, 3.8) is 0 Å². The predicted molar refractivity (Wildman–Crippen MR) is 85.9 cm³/mol. The van der Waals surface area contributed by atoms with Gasteiger partial charge in [0.1, 0.15) is 0 Å². The number of rotatable bonds is 3. The van der Waals surface area contributed by atoms with Gasteiger partial charge >= 0.3 is 5.97 Å². The number of ether oxygens (including phenoxy) is 2. The van der Waals surface area contributed by atoms with Gasteiger partial charge in [-0.2, -0.15) is 0 Å². The molecule has 116 valence electrons. The monoisotopic (exact) mass is 309 g/mol. The third-order valence-corrected chi connectivity index (χ3v) is 4.05. The molecule has 1 aliphatic rings. The summed E-state index contributed by atoms with van der Waals surface area (Å²) in [6.45, 7) is 2.21. The van der Waals surface area contributed by atoms with E-state index in [0.717, 1.165) is 33.3 Å². The second kappa shape index (κ2) is 5.05. The molecule has 0 saturated heterocycles. The van der Waals surface area contributed by atoms with E-state index in [1.54, 1.807) is 0 Å². The van der Waals surface area contributed by atoms with E-state index in [9.17, 15) is 9.90 Å². The lowest BCUT2D eigenvalue weighted by Gasteiger charge is -2.05. The zero-order valence-corrected chi connectivity index (χ0v) is 12.6. The van der Waals surface area contributed by atoms with Gasteiger partial charge in [-0.3, -0.25) is 4.79 Å². The van der Waals surface area contributed by atoms with Crippen molar-refractivity contribution in [3.8, 4) is 22.8 Å². The Balaban J connectivity index is 1.93. The summed E-state index contributed by atoms with van der Waals surface area (Å²) in [5, 5.41) is 10.2. The number of carboxylic acids is 1. The highest BCUT2D eigenvalue weighted by Crippen LogP contribution is 2.38. The first-order valence-electron chi connectivity index (χ1n) is 7.35. The molecule has 0 unspecified atom stereocenters. The lowest BCUT2D eigenvalue weighted by atomic mass is 10.0. The third-order valence-electron chi connectivity index (χ3n) is 4.05. The Labute approximate surface area is 132 Å². The van der Waals surface area contributed by atoms with Gasteiger partial charge in [-0.25, -0.2) is 0 Å². The fraction of sp³-hybridized carbons (Fsp3) is 0.167. The molecule has 0 radical (unpaired) electrons. The summed E-state index contributed by atoms with van der Waals surface area (Å²) >= 11 is 0. The zero-order valence-electron chi connectivity index (χ0n) is 12.6. The van der Waals surface area contributed by atoms with Gasteiger partial charge in [0.25, 0.3) is 0 Å². The largest absolute Gasteiger partial charge is 0.481 e. The van der Waals surface area contributed by atoms with Crippen LogP contribution in [0.5, 0.6) is 11.5 Å². The first kappa shape index (κ1) is 13.7. The molecule has 2 N–H and O–H groups in total. The molecule has 0 aliphatic carbocycles. The number of benzene rings is 2. The molecule has 2 heterocycles. The molecular formula is C18H15NO4. The topological polar surface area (TPSA) is 71.5 Å². The minimum atomic E-state index is -0.852. The SMILES string of the molecule is Cc1ccc2[nH]c(-c3ccc4c(c3)OCO4)c(CC(=O)O)c2c1. The Morgan fingerprint density at radius 1 is 1.17 bits per heavy atom. The summed E-state index contributed by atoms with van der Waals surface area (Å²) in [6.07, 6.45) is -0.0345. The van der Waals surface area contributed by atoms with E-state index in [1.165, 1.54) is 0 Å². The van der Waals surface area contributed by atoms with Crippen LogP contribution in [0.2, 0.25) is 0 Å². The smallest absolute Gasteiger partial charge is 0.307 e. The van der Waals surface area contributed by atoms with Crippen molar-refractivity contribution in [1.29, 1.82) is 0 Å². The van der Waals surface area contributed by atoms with Crippen molar-refractivity contribution in [2.75, 3.05) is 6.79 Å². The molecule has 23 heavy (non-hydrogen) atoms. The van der Waals surface area contributed by atoms with E-state index in [4.69, 9.17) is 9.47 Å². The van der Waals surface area contributed by atoms with Crippen LogP contribution in [0.15, 0.2) is 36.4 Å². The van der Waals surface area contributed by atoms with Gasteiger partial charge in [-0.1, -0.05) is 11.6 Å². The number of fused-ring (bicyclic) bond motifs is 2. The van der Waals surface area contributed by atoms with Crippen molar-refractivity contribution >= 4 is 16.9 Å². The minimum Gasteiger partial charge on any atom is -0.481 e. The van der Waals surface area contributed by atoms with Crippen LogP contribution in [0.25, 0.3) is 22.2 Å². The number of aromatic nitrogens is 1. The molecule has 0 bridgehead atoms. The molecule has 5 heteroatoms. The second-order valence-corrected chi connectivity index (χ2v) is 5.67. The van der Waals surface area contributed by atoms with E-state index in [1.807, 2.05) is 43.3 Å². The summed E-state index contributed by atoms with van der Waals surface area (Å²) in [4.78, 5) is 14.7. The molecule has 0 amide bonds. The van der Waals surface area contributed by atoms with Gasteiger partial charge in [0, 0.05) is 16.5 Å². The highest BCUT2D eigenvalue weighted by Gasteiger charge is 2.19. The molecule has 0 saturated carbocycles. The van der Waals surface area contributed by atoms with Gasteiger partial charge < -0.3 is 19.6 Å². The van der Waals surface area contributed by atoms with Crippen LogP contribution in [-0.2, 0) is 11.2 Å². The van der Waals surface area contributed by atoms with E-state index in [2.05, 4.69) is 4.98 Å². The summed E-state index contributed by atoms with van der Waals surface area (Å²) in [6, 6.07) is 11.6. The van der Waals surface area contributed by atoms with Crippen molar-refractivity contribution in [2.24, 2.45) is 0 Å². The molecule has 0 atom stereocenters. The lowest BCUT2D eigenvalue weighted by molar-refractivity contribution is -0.136. The third kappa shape index (κ3) is 2.30. The average Bonchev–Trinajstić information content (AvgIpc) is 3.11. The Morgan fingerprint density at radius 3 is 2.83 bits per heavy atom. The molecule has 5 nitrogen and oxygen atoms in total. The van der Waals surface area contributed by atoms with E-state index in [0.29, 0.717) is 11.5 Å². The fourth-order valence-corrected chi connectivity index (χ4v) is 2.99. The first-order valence-corrected chi connectivity index (χ1v) is 7.35. The number of H-pyrrole nitrogens is 1. The number of hydrogen-bond donors (Lipinski definition) is 2. The number of hydrogen-bond acceptors (Lipinski definition) is 3. The molecule has 1 aromatic heterocycles. The van der Waals surface area contributed by atoms with Crippen LogP contribution >= 0.6 is 0 Å². The van der Waals surface area contributed by atoms with Crippen molar-refractivity contribution in [3.05, 3.63) is 47.5 Å². The summed E-state index contributed by atoms with van der Waals surface area (Å²) in [7, 11) is 0. The van der Waals surface area contributed by atoms with Crippen LogP contribution in [0, 0.1) is 6.92 Å². The Kier molecular flexibility index (Phi) is 3.01. The number of aryl methyl sites for hydroxylation is 1. The summed E-state index contributed by atoms with van der Waals surface area (Å²) < 4.78 is 10.8. The number of carboxylic acid groups (broad SMARTS) is 1. The van der Waals surface area contributed by atoms with Crippen molar-refractivity contribution in [1.82, 2.24) is 4.98 Å². The lowest BCUT2D eigenvalue weighted by Crippen LogP contribution is -2.01. The Morgan fingerprint density at radius 2 is 2.00 bits per heavy atom. The van der Waals surface area contributed by atoms with Crippen molar-refractivity contribution < 1.29 is 19.4 Å². The molecular weight excluding hydrogens is 294 g/mol. The standard InChI is InChI=1S/C18H15NO4/c1-10-2-4-14-12(6-10)13(8-17(20)21)18(19-14)11-3-5-15-16(7-11)23-9-22-15/h2-7,19H,8-9H2,1H3,(H,20,21). The number of nitrogens with one attached hydrogen (secondary N) is 1. The van der Waals surface area contributed by atoms with Gasteiger partial charge in [-0.15, -0.1) is 0 Å². The molecule has 3 aromatic rings. The molecule has 4 rings (SSSR count). The summed E-state index contributed by atoms with van der Waals surface area (Å²) in [5.74, 6) is 0.536. The summed E-state index contributed by atoms with van der Waals surface area (Å²) in [5.41, 5.74) is 4.51. The van der Waals surface area contributed by atoms with E-state index >= 15 is 0 Å². The van der Waals surface area contributed by atoms with Gasteiger partial charge in [0.2, 0.25) is 6.79 Å². The van der Waals surface area contributed by atoms with Crippen LogP contribution in [0.1, 0.15) is 11.1 Å². The normalized spacial score (nSPS) is 12.7. The highest BCUT2D eigenvalue weighted by atomic mass is 16.7. The highest BCUT2D eigenvalue weighted by molar-refractivity contribution is 5.94.